The maximum absolute atomic E-state index is 13.1. The molecule has 0 bridgehead atoms. The van der Waals surface area contributed by atoms with E-state index in [0.29, 0.717) is 12.0 Å². The van der Waals surface area contributed by atoms with Gasteiger partial charge in [0.15, 0.2) is 0 Å². The molecule has 2 aromatic rings. The van der Waals surface area contributed by atoms with Gasteiger partial charge >= 0.3 is 6.03 Å². The standard InChI is InChI=1S/C20H19F2N3O3/c1-20(14-5-7-15(21)8-6-14)18(27)25(19(28)24-20)12-17(26)23-10-9-13-3-2-4-16(22)11-13/h2-8,11H,9-10,12H2,1H3,(H,23,26)(H,24,28). The van der Waals surface area contributed by atoms with E-state index in [4.69, 9.17) is 0 Å². The van der Waals surface area contributed by atoms with Gasteiger partial charge in [0, 0.05) is 6.54 Å². The summed E-state index contributed by atoms with van der Waals surface area (Å²) >= 11 is 0. The molecule has 146 valence electrons. The second kappa shape index (κ2) is 7.75. The lowest BCUT2D eigenvalue weighted by molar-refractivity contribution is -0.134. The third-order valence-corrected chi connectivity index (χ3v) is 4.62. The number of hydrogen-bond acceptors (Lipinski definition) is 3. The first kappa shape index (κ1) is 19.5. The van der Waals surface area contributed by atoms with E-state index in [0.717, 1.165) is 10.5 Å². The molecule has 2 aromatic carbocycles. The molecule has 1 aliphatic rings. The van der Waals surface area contributed by atoms with Gasteiger partial charge in [-0.25, -0.2) is 13.6 Å². The van der Waals surface area contributed by atoms with E-state index in [1.165, 1.54) is 43.3 Å². The number of benzene rings is 2. The molecule has 28 heavy (non-hydrogen) atoms. The maximum atomic E-state index is 13.1. The molecular weight excluding hydrogens is 368 g/mol. The van der Waals surface area contributed by atoms with E-state index in [1.807, 2.05) is 0 Å². The van der Waals surface area contributed by atoms with E-state index < -0.39 is 35.7 Å². The number of halogens is 2. The lowest BCUT2D eigenvalue weighted by atomic mass is 9.92. The van der Waals surface area contributed by atoms with Crippen molar-refractivity contribution in [2.45, 2.75) is 18.9 Å². The third kappa shape index (κ3) is 4.00. The highest BCUT2D eigenvalue weighted by atomic mass is 19.1. The molecule has 0 radical (unpaired) electrons. The van der Waals surface area contributed by atoms with Crippen LogP contribution in [-0.2, 0) is 21.5 Å². The Morgan fingerprint density at radius 3 is 2.50 bits per heavy atom. The second-order valence-corrected chi connectivity index (χ2v) is 6.68. The van der Waals surface area contributed by atoms with E-state index >= 15 is 0 Å². The number of urea groups is 1. The van der Waals surface area contributed by atoms with Gasteiger partial charge < -0.3 is 10.6 Å². The summed E-state index contributed by atoms with van der Waals surface area (Å²) in [5.74, 6) is -1.92. The molecule has 1 heterocycles. The van der Waals surface area contributed by atoms with Gasteiger partial charge in [-0.05, 0) is 48.7 Å². The van der Waals surface area contributed by atoms with Gasteiger partial charge in [-0.1, -0.05) is 24.3 Å². The third-order valence-electron chi connectivity index (χ3n) is 4.62. The minimum atomic E-state index is -1.37. The van der Waals surface area contributed by atoms with Crippen molar-refractivity contribution >= 4 is 17.8 Å². The number of carbonyl (C=O) groups is 3. The molecule has 0 saturated carbocycles. The lowest BCUT2D eigenvalue weighted by Gasteiger charge is -2.22. The van der Waals surface area contributed by atoms with E-state index in [2.05, 4.69) is 10.6 Å². The van der Waals surface area contributed by atoms with Crippen LogP contribution in [-0.4, -0.2) is 35.8 Å². The van der Waals surface area contributed by atoms with Crippen LogP contribution < -0.4 is 10.6 Å². The number of amides is 4. The van der Waals surface area contributed by atoms with Gasteiger partial charge in [0.2, 0.25) is 5.91 Å². The monoisotopic (exact) mass is 387 g/mol. The van der Waals surface area contributed by atoms with Crippen molar-refractivity contribution in [3.05, 3.63) is 71.3 Å². The minimum absolute atomic E-state index is 0.237. The fourth-order valence-corrected chi connectivity index (χ4v) is 3.06. The summed E-state index contributed by atoms with van der Waals surface area (Å²) in [5.41, 5.74) is -0.229. The van der Waals surface area contributed by atoms with Crippen LogP contribution in [0.5, 0.6) is 0 Å². The summed E-state index contributed by atoms with van der Waals surface area (Å²) < 4.78 is 26.3. The summed E-state index contributed by atoms with van der Waals surface area (Å²) in [6.45, 7) is 1.30. The van der Waals surface area contributed by atoms with Gasteiger partial charge in [-0.3, -0.25) is 14.5 Å². The van der Waals surface area contributed by atoms with Crippen LogP contribution in [0.25, 0.3) is 0 Å². The molecule has 0 spiro atoms. The fourth-order valence-electron chi connectivity index (χ4n) is 3.06. The van der Waals surface area contributed by atoms with Crippen LogP contribution in [0.2, 0.25) is 0 Å². The van der Waals surface area contributed by atoms with Crippen molar-refractivity contribution in [3.8, 4) is 0 Å². The van der Waals surface area contributed by atoms with Gasteiger partial charge in [0.25, 0.3) is 5.91 Å². The van der Waals surface area contributed by atoms with Gasteiger partial charge in [0.1, 0.15) is 23.7 Å². The highest BCUT2D eigenvalue weighted by Gasteiger charge is 2.49. The van der Waals surface area contributed by atoms with Crippen LogP contribution >= 0.6 is 0 Å². The zero-order valence-electron chi connectivity index (χ0n) is 15.2. The Labute approximate surface area is 160 Å². The summed E-state index contributed by atoms with van der Waals surface area (Å²) in [7, 11) is 0. The Bertz CT molecular complexity index is 917. The minimum Gasteiger partial charge on any atom is -0.354 e. The molecule has 0 aliphatic carbocycles. The molecule has 3 rings (SSSR count). The number of nitrogens with zero attached hydrogens (tertiary/aromatic N) is 1. The topological polar surface area (TPSA) is 78.5 Å². The summed E-state index contributed by atoms with van der Waals surface area (Å²) in [4.78, 5) is 37.9. The first-order valence-electron chi connectivity index (χ1n) is 8.71. The van der Waals surface area contributed by atoms with E-state index in [1.54, 1.807) is 12.1 Å². The molecule has 1 aliphatic heterocycles. The molecule has 1 atom stereocenters. The average molecular weight is 387 g/mol. The predicted molar refractivity (Wildman–Crippen MR) is 97.1 cm³/mol. The summed E-state index contributed by atoms with van der Waals surface area (Å²) in [6, 6.07) is 10.5. The van der Waals surface area contributed by atoms with Crippen molar-refractivity contribution in [2.24, 2.45) is 0 Å². The summed E-state index contributed by atoms with van der Waals surface area (Å²) in [6.07, 6.45) is 0.414. The number of imide groups is 1. The van der Waals surface area contributed by atoms with Crippen LogP contribution in [0.4, 0.5) is 13.6 Å². The molecule has 1 saturated heterocycles. The molecule has 0 aromatic heterocycles. The smallest absolute Gasteiger partial charge is 0.325 e. The van der Waals surface area contributed by atoms with Crippen molar-refractivity contribution in [1.29, 1.82) is 0 Å². The maximum Gasteiger partial charge on any atom is 0.325 e. The van der Waals surface area contributed by atoms with Crippen LogP contribution in [0.15, 0.2) is 48.5 Å². The van der Waals surface area contributed by atoms with Crippen molar-refractivity contribution < 1.29 is 23.2 Å². The highest BCUT2D eigenvalue weighted by molar-refractivity contribution is 6.09. The Morgan fingerprint density at radius 1 is 1.11 bits per heavy atom. The lowest BCUT2D eigenvalue weighted by Crippen LogP contribution is -2.43. The second-order valence-electron chi connectivity index (χ2n) is 6.68. The molecule has 6 nitrogen and oxygen atoms in total. The number of nitrogens with one attached hydrogen (secondary N) is 2. The Balaban J connectivity index is 1.59. The van der Waals surface area contributed by atoms with Gasteiger partial charge in [-0.2, -0.15) is 0 Å². The highest BCUT2D eigenvalue weighted by Crippen LogP contribution is 2.28. The first-order chi connectivity index (χ1) is 13.3. The van der Waals surface area contributed by atoms with E-state index in [9.17, 15) is 23.2 Å². The van der Waals surface area contributed by atoms with Crippen molar-refractivity contribution in [1.82, 2.24) is 15.5 Å². The molecule has 2 N–H and O–H groups in total. The van der Waals surface area contributed by atoms with Crippen LogP contribution in [0, 0.1) is 11.6 Å². The Kier molecular flexibility index (Phi) is 5.39. The SMILES string of the molecule is CC1(c2ccc(F)cc2)NC(=O)N(CC(=O)NCCc2cccc(F)c2)C1=O. The zero-order chi connectivity index (χ0) is 20.3. The van der Waals surface area contributed by atoms with Gasteiger partial charge in [0.05, 0.1) is 0 Å². The normalized spacial score (nSPS) is 18.9. The average Bonchev–Trinajstić information content (AvgIpc) is 2.86. The Morgan fingerprint density at radius 2 is 1.82 bits per heavy atom. The number of hydrogen-bond donors (Lipinski definition) is 2. The molecule has 1 unspecified atom stereocenters. The molecule has 4 amide bonds. The predicted octanol–water partition coefficient (Wildman–Crippen LogP) is 2.09. The van der Waals surface area contributed by atoms with Gasteiger partial charge in [-0.15, -0.1) is 0 Å². The van der Waals surface area contributed by atoms with Crippen LogP contribution in [0.3, 0.4) is 0 Å². The van der Waals surface area contributed by atoms with E-state index in [-0.39, 0.29) is 12.4 Å². The van der Waals surface area contributed by atoms with Crippen LogP contribution in [0.1, 0.15) is 18.1 Å². The zero-order valence-corrected chi connectivity index (χ0v) is 15.2. The Hall–Kier alpha value is -3.29. The quantitative estimate of drug-likeness (QED) is 0.745. The largest absolute Gasteiger partial charge is 0.354 e. The fraction of sp³-hybridized carbons (Fsp3) is 0.250. The van der Waals surface area contributed by atoms with Crippen molar-refractivity contribution in [2.75, 3.05) is 13.1 Å². The number of carbonyl (C=O) groups excluding carboxylic acids is 3. The molecule has 8 heteroatoms. The molecular formula is C20H19F2N3O3. The first-order valence-corrected chi connectivity index (χ1v) is 8.71. The summed E-state index contributed by atoms with van der Waals surface area (Å²) in [5, 5.41) is 5.16. The number of rotatable bonds is 6. The molecule has 1 fully saturated rings. The van der Waals surface area contributed by atoms with Crippen molar-refractivity contribution in [3.63, 3.8) is 0 Å².